The van der Waals surface area contributed by atoms with Crippen molar-refractivity contribution < 1.29 is 4.79 Å². The third-order valence-electron chi connectivity index (χ3n) is 3.57. The van der Waals surface area contributed by atoms with Crippen molar-refractivity contribution >= 4 is 17.4 Å². The van der Waals surface area contributed by atoms with Crippen LogP contribution in [0.25, 0.3) is 0 Å². The number of rotatable bonds is 3. The Morgan fingerprint density at radius 1 is 1.50 bits per heavy atom. The van der Waals surface area contributed by atoms with Gasteiger partial charge in [0.05, 0.1) is 0 Å². The van der Waals surface area contributed by atoms with Crippen LogP contribution in [-0.2, 0) is 4.79 Å². The molecule has 0 N–H and O–H groups in total. The van der Waals surface area contributed by atoms with Crippen molar-refractivity contribution in [1.82, 2.24) is 0 Å². The number of allylic oxidation sites excluding steroid dienone is 2. The van der Waals surface area contributed by atoms with Crippen molar-refractivity contribution in [3.05, 3.63) is 11.6 Å². The minimum atomic E-state index is 0.463. The highest BCUT2D eigenvalue weighted by Gasteiger charge is 2.34. The van der Waals surface area contributed by atoms with Crippen molar-refractivity contribution in [2.75, 3.05) is 5.88 Å². The Kier molecular flexibility index (Phi) is 3.27. The number of carbonyl (C=O) groups is 1. The van der Waals surface area contributed by atoms with Gasteiger partial charge in [0, 0.05) is 18.7 Å². The second kappa shape index (κ2) is 4.48. The predicted molar refractivity (Wildman–Crippen MR) is 58.5 cm³/mol. The fourth-order valence-electron chi connectivity index (χ4n) is 2.79. The third-order valence-corrected chi connectivity index (χ3v) is 3.84. The molecule has 0 heterocycles. The zero-order chi connectivity index (χ0) is 9.97. The summed E-state index contributed by atoms with van der Waals surface area (Å²) in [5.41, 5.74) is 1.52. The van der Waals surface area contributed by atoms with E-state index in [1.54, 1.807) is 0 Å². The standard InChI is InChI=1S/C12H17ClO/c13-7-1-2-9-3-4-10-5-6-11(14)8-12(9)10/h3,10,12H,1-2,4-8H2/t10-,12-/m1/s1. The molecular weight excluding hydrogens is 196 g/mol. The lowest BCUT2D eigenvalue weighted by Crippen LogP contribution is -2.22. The molecule has 14 heavy (non-hydrogen) atoms. The Hall–Kier alpha value is -0.300. The Morgan fingerprint density at radius 3 is 3.14 bits per heavy atom. The lowest BCUT2D eigenvalue weighted by atomic mass is 9.77. The zero-order valence-electron chi connectivity index (χ0n) is 8.47. The van der Waals surface area contributed by atoms with Crippen LogP contribution in [0.3, 0.4) is 0 Å². The van der Waals surface area contributed by atoms with Gasteiger partial charge in [0.2, 0.25) is 0 Å². The fraction of sp³-hybridized carbons (Fsp3) is 0.750. The molecule has 2 atom stereocenters. The number of hydrogen-bond acceptors (Lipinski definition) is 1. The summed E-state index contributed by atoms with van der Waals surface area (Å²) in [6.07, 6.45) is 8.47. The van der Waals surface area contributed by atoms with Crippen LogP contribution in [0.4, 0.5) is 0 Å². The first-order chi connectivity index (χ1) is 6.81. The molecule has 1 nitrogen and oxygen atoms in total. The van der Waals surface area contributed by atoms with Crippen LogP contribution in [0.2, 0.25) is 0 Å². The normalized spacial score (nSPS) is 31.5. The van der Waals surface area contributed by atoms with Crippen LogP contribution in [-0.4, -0.2) is 11.7 Å². The first-order valence-electron chi connectivity index (χ1n) is 5.58. The van der Waals surface area contributed by atoms with Gasteiger partial charge in [-0.1, -0.05) is 11.6 Å². The third kappa shape index (κ3) is 2.03. The highest BCUT2D eigenvalue weighted by molar-refractivity contribution is 6.17. The smallest absolute Gasteiger partial charge is 0.133 e. The summed E-state index contributed by atoms with van der Waals surface area (Å²) >= 11 is 5.69. The molecule has 0 aliphatic heterocycles. The molecule has 2 aliphatic rings. The maximum Gasteiger partial charge on any atom is 0.133 e. The Labute approximate surface area is 90.5 Å². The molecule has 1 saturated carbocycles. The van der Waals surface area contributed by atoms with Crippen molar-refractivity contribution in [1.29, 1.82) is 0 Å². The first kappa shape index (κ1) is 10.2. The van der Waals surface area contributed by atoms with Gasteiger partial charge in [0.1, 0.15) is 5.78 Å². The molecule has 0 radical (unpaired) electrons. The monoisotopic (exact) mass is 212 g/mol. The lowest BCUT2D eigenvalue weighted by molar-refractivity contribution is -0.122. The average molecular weight is 213 g/mol. The summed E-state index contributed by atoms with van der Waals surface area (Å²) in [7, 11) is 0. The minimum absolute atomic E-state index is 0.463. The second-order valence-corrected chi connectivity index (χ2v) is 4.83. The van der Waals surface area contributed by atoms with Crippen LogP contribution in [0.5, 0.6) is 0 Å². The predicted octanol–water partition coefficient (Wildman–Crippen LogP) is 3.32. The van der Waals surface area contributed by atoms with E-state index in [0.29, 0.717) is 11.7 Å². The van der Waals surface area contributed by atoms with E-state index in [4.69, 9.17) is 11.6 Å². The Morgan fingerprint density at radius 2 is 2.36 bits per heavy atom. The first-order valence-corrected chi connectivity index (χ1v) is 6.11. The van der Waals surface area contributed by atoms with Gasteiger partial charge in [-0.3, -0.25) is 4.79 Å². The maximum atomic E-state index is 11.4. The SMILES string of the molecule is O=C1CC[C@H]2CC=C(CCCCl)[C@H]2C1. The van der Waals surface area contributed by atoms with Crippen molar-refractivity contribution in [3.8, 4) is 0 Å². The summed E-state index contributed by atoms with van der Waals surface area (Å²) in [5, 5.41) is 0. The van der Waals surface area contributed by atoms with E-state index in [-0.39, 0.29) is 0 Å². The summed E-state index contributed by atoms with van der Waals surface area (Å²) in [4.78, 5) is 11.4. The van der Waals surface area contributed by atoms with Gasteiger partial charge in [-0.25, -0.2) is 0 Å². The van der Waals surface area contributed by atoms with Crippen molar-refractivity contribution in [2.24, 2.45) is 11.8 Å². The molecule has 1 fully saturated rings. The molecule has 0 saturated heterocycles. The largest absolute Gasteiger partial charge is 0.300 e. The minimum Gasteiger partial charge on any atom is -0.300 e. The summed E-state index contributed by atoms with van der Waals surface area (Å²) in [6, 6.07) is 0. The van der Waals surface area contributed by atoms with E-state index in [0.717, 1.165) is 43.9 Å². The number of fused-ring (bicyclic) bond motifs is 1. The van der Waals surface area contributed by atoms with Gasteiger partial charge in [-0.15, -0.1) is 11.6 Å². The summed E-state index contributed by atoms with van der Waals surface area (Å²) in [6.45, 7) is 0. The van der Waals surface area contributed by atoms with Gasteiger partial charge in [0.15, 0.2) is 0 Å². The van der Waals surface area contributed by atoms with Gasteiger partial charge < -0.3 is 0 Å². The molecule has 0 amide bonds. The summed E-state index contributed by atoms with van der Waals surface area (Å²) in [5.74, 6) is 2.56. The van der Waals surface area contributed by atoms with E-state index in [9.17, 15) is 4.79 Å². The topological polar surface area (TPSA) is 17.1 Å². The maximum absolute atomic E-state index is 11.4. The van der Waals surface area contributed by atoms with E-state index in [1.807, 2.05) is 0 Å². The molecule has 78 valence electrons. The van der Waals surface area contributed by atoms with Crippen molar-refractivity contribution in [3.63, 3.8) is 0 Å². The highest BCUT2D eigenvalue weighted by Crippen LogP contribution is 2.42. The quantitative estimate of drug-likeness (QED) is 0.518. The average Bonchev–Trinajstić information content (AvgIpc) is 2.57. The molecule has 2 heteroatoms. The van der Waals surface area contributed by atoms with E-state index >= 15 is 0 Å². The van der Waals surface area contributed by atoms with Gasteiger partial charge >= 0.3 is 0 Å². The molecule has 0 aromatic heterocycles. The molecule has 0 spiro atoms. The van der Waals surface area contributed by atoms with Crippen LogP contribution >= 0.6 is 11.6 Å². The second-order valence-electron chi connectivity index (χ2n) is 4.46. The van der Waals surface area contributed by atoms with Crippen molar-refractivity contribution in [2.45, 2.75) is 38.5 Å². The molecule has 0 unspecified atom stereocenters. The number of hydrogen-bond donors (Lipinski definition) is 0. The molecule has 0 bridgehead atoms. The van der Waals surface area contributed by atoms with E-state index in [2.05, 4.69) is 6.08 Å². The van der Waals surface area contributed by atoms with Crippen LogP contribution in [0.15, 0.2) is 11.6 Å². The van der Waals surface area contributed by atoms with E-state index < -0.39 is 0 Å². The van der Waals surface area contributed by atoms with Crippen LogP contribution < -0.4 is 0 Å². The van der Waals surface area contributed by atoms with Crippen LogP contribution in [0.1, 0.15) is 38.5 Å². The van der Waals surface area contributed by atoms with Crippen LogP contribution in [0, 0.1) is 11.8 Å². The lowest BCUT2D eigenvalue weighted by Gasteiger charge is -2.26. The Bertz CT molecular complexity index is 257. The number of ketones is 1. The molecule has 0 aromatic rings. The number of Topliss-reactive ketones (excluding diaryl/α,β-unsaturated/α-hetero) is 1. The zero-order valence-corrected chi connectivity index (χ0v) is 9.22. The number of alkyl halides is 1. The highest BCUT2D eigenvalue weighted by atomic mass is 35.5. The fourth-order valence-corrected chi connectivity index (χ4v) is 2.92. The summed E-state index contributed by atoms with van der Waals surface area (Å²) < 4.78 is 0. The van der Waals surface area contributed by atoms with Gasteiger partial charge in [0.25, 0.3) is 0 Å². The molecule has 0 aromatic carbocycles. The molecule has 2 aliphatic carbocycles. The van der Waals surface area contributed by atoms with E-state index in [1.165, 1.54) is 12.0 Å². The van der Waals surface area contributed by atoms with Gasteiger partial charge in [-0.2, -0.15) is 0 Å². The molecular formula is C12H17ClO. The number of carbonyl (C=O) groups excluding carboxylic acids is 1. The van der Waals surface area contributed by atoms with Gasteiger partial charge in [-0.05, 0) is 37.5 Å². The Balaban J connectivity index is 1.95. The molecule has 2 rings (SSSR count). The number of halogens is 1.